The van der Waals surface area contributed by atoms with Crippen molar-refractivity contribution in [2.75, 3.05) is 0 Å². The van der Waals surface area contributed by atoms with Crippen molar-refractivity contribution in [2.45, 2.75) is 52.6 Å². The zero-order valence-electron chi connectivity index (χ0n) is 15.5. The van der Waals surface area contributed by atoms with Crippen LogP contribution in [0.2, 0.25) is 0 Å². The molecule has 1 aromatic carbocycles. The molecule has 5 heteroatoms. The van der Waals surface area contributed by atoms with Crippen molar-refractivity contribution in [1.82, 2.24) is 9.78 Å². The highest BCUT2D eigenvalue weighted by Gasteiger charge is 2.27. The molecule has 25 heavy (non-hydrogen) atoms. The van der Waals surface area contributed by atoms with Crippen LogP contribution in [-0.2, 0) is 13.5 Å². The van der Waals surface area contributed by atoms with Gasteiger partial charge in [0.25, 0.3) is 0 Å². The molecule has 0 amide bonds. The Bertz CT molecular complexity index is 750. The summed E-state index contributed by atoms with van der Waals surface area (Å²) in [5.41, 5.74) is 1.59. The molecule has 0 bridgehead atoms. The van der Waals surface area contributed by atoms with Crippen molar-refractivity contribution in [1.29, 1.82) is 0 Å². The van der Waals surface area contributed by atoms with Crippen LogP contribution in [0.25, 0.3) is 0 Å². The predicted octanol–water partition coefficient (Wildman–Crippen LogP) is 5.16. The van der Waals surface area contributed by atoms with Gasteiger partial charge in [0.05, 0.1) is 5.56 Å². The minimum absolute atomic E-state index is 0.0426. The number of hydrogen-bond acceptors (Lipinski definition) is 2. The summed E-state index contributed by atoms with van der Waals surface area (Å²) in [5, 5.41) is 3.82. The van der Waals surface area contributed by atoms with Gasteiger partial charge < -0.3 is 0 Å². The van der Waals surface area contributed by atoms with Crippen molar-refractivity contribution in [3.05, 3.63) is 52.6 Å². The quantitative estimate of drug-likeness (QED) is 0.647. The Balaban J connectivity index is 2.34. The first-order chi connectivity index (χ1) is 11.7. The van der Waals surface area contributed by atoms with Crippen LogP contribution in [0.1, 0.15) is 73.4 Å². The standard InChI is InChI=1S/C20H26F2N2O/c1-12(2)10-13(3)16-9-7-6-8-15(16)11-17(25)18-19(14(4)21)23-24(5)20(18)22/h6-9,12-14H,10-11H2,1-5H3. The van der Waals surface area contributed by atoms with E-state index in [1.165, 1.54) is 14.0 Å². The van der Waals surface area contributed by atoms with Crippen molar-refractivity contribution < 1.29 is 13.6 Å². The van der Waals surface area contributed by atoms with E-state index in [0.717, 1.165) is 22.2 Å². The zero-order chi connectivity index (χ0) is 18.7. The molecule has 0 saturated carbocycles. The summed E-state index contributed by atoms with van der Waals surface area (Å²) >= 11 is 0. The fraction of sp³-hybridized carbons (Fsp3) is 0.500. The number of ketones is 1. The first-order valence-corrected chi connectivity index (χ1v) is 8.69. The largest absolute Gasteiger partial charge is 0.294 e. The molecular weight excluding hydrogens is 322 g/mol. The Morgan fingerprint density at radius 2 is 1.84 bits per heavy atom. The third kappa shape index (κ3) is 4.33. The fourth-order valence-electron chi connectivity index (χ4n) is 3.33. The van der Waals surface area contributed by atoms with Crippen molar-refractivity contribution >= 4 is 5.78 Å². The molecule has 2 atom stereocenters. The topological polar surface area (TPSA) is 34.9 Å². The molecule has 2 aromatic rings. The van der Waals surface area contributed by atoms with Gasteiger partial charge in [0.1, 0.15) is 11.9 Å². The minimum Gasteiger partial charge on any atom is -0.294 e. The highest BCUT2D eigenvalue weighted by atomic mass is 19.1. The molecule has 0 aliphatic carbocycles. The molecule has 0 aliphatic rings. The summed E-state index contributed by atoms with van der Waals surface area (Å²) in [6, 6.07) is 7.71. The second kappa shape index (κ2) is 7.89. The van der Waals surface area contributed by atoms with E-state index < -0.39 is 17.9 Å². The molecule has 2 unspecified atom stereocenters. The lowest BCUT2D eigenvalue weighted by atomic mass is 9.87. The lowest BCUT2D eigenvalue weighted by molar-refractivity contribution is 0.0985. The van der Waals surface area contributed by atoms with Gasteiger partial charge in [-0.2, -0.15) is 9.49 Å². The van der Waals surface area contributed by atoms with Crippen LogP contribution in [-0.4, -0.2) is 15.6 Å². The van der Waals surface area contributed by atoms with Crippen LogP contribution in [0.3, 0.4) is 0 Å². The third-order valence-corrected chi connectivity index (χ3v) is 4.42. The number of aryl methyl sites for hydroxylation is 1. The number of alkyl halides is 1. The molecule has 0 aliphatic heterocycles. The minimum atomic E-state index is -1.50. The van der Waals surface area contributed by atoms with Crippen molar-refractivity contribution in [3.63, 3.8) is 0 Å². The van der Waals surface area contributed by atoms with Gasteiger partial charge in [-0.05, 0) is 36.3 Å². The second-order valence-electron chi connectivity index (χ2n) is 7.12. The maximum atomic E-state index is 14.3. The summed E-state index contributed by atoms with van der Waals surface area (Å²) in [6.07, 6.45) is -0.454. The molecule has 1 aromatic heterocycles. The van der Waals surface area contributed by atoms with Gasteiger partial charge in [0.15, 0.2) is 5.78 Å². The van der Waals surface area contributed by atoms with Crippen LogP contribution in [0.15, 0.2) is 24.3 Å². The van der Waals surface area contributed by atoms with E-state index in [4.69, 9.17) is 0 Å². The van der Waals surface area contributed by atoms with Crippen LogP contribution in [0.4, 0.5) is 8.78 Å². The number of nitrogens with zero attached hydrogens (tertiary/aromatic N) is 2. The molecule has 136 valence electrons. The Hall–Kier alpha value is -2.04. The number of carbonyl (C=O) groups is 1. The van der Waals surface area contributed by atoms with E-state index in [1.54, 1.807) is 0 Å². The molecule has 0 saturated heterocycles. The number of halogens is 2. The summed E-state index contributed by atoms with van der Waals surface area (Å²) in [5.74, 6) is -0.387. The Morgan fingerprint density at radius 3 is 2.44 bits per heavy atom. The van der Waals surface area contributed by atoms with Crippen molar-refractivity contribution in [3.8, 4) is 0 Å². The summed E-state index contributed by atoms with van der Waals surface area (Å²) in [7, 11) is 1.37. The molecule has 1 heterocycles. The molecule has 0 spiro atoms. The molecule has 0 fully saturated rings. The highest BCUT2D eigenvalue weighted by Crippen LogP contribution is 2.28. The van der Waals surface area contributed by atoms with Gasteiger partial charge in [-0.1, -0.05) is 45.0 Å². The first kappa shape index (κ1) is 19.3. The normalized spacial score (nSPS) is 13.9. The predicted molar refractivity (Wildman–Crippen MR) is 95.0 cm³/mol. The average molecular weight is 348 g/mol. The summed E-state index contributed by atoms with van der Waals surface area (Å²) in [6.45, 7) is 7.70. The third-order valence-electron chi connectivity index (χ3n) is 4.42. The van der Waals surface area contributed by atoms with E-state index in [0.29, 0.717) is 11.8 Å². The van der Waals surface area contributed by atoms with Crippen LogP contribution in [0, 0.1) is 11.9 Å². The monoisotopic (exact) mass is 348 g/mol. The lowest BCUT2D eigenvalue weighted by Gasteiger charge is -2.18. The number of aromatic nitrogens is 2. The van der Waals surface area contributed by atoms with Gasteiger partial charge in [0, 0.05) is 13.5 Å². The van der Waals surface area contributed by atoms with E-state index in [-0.39, 0.29) is 17.7 Å². The number of benzene rings is 1. The van der Waals surface area contributed by atoms with E-state index in [9.17, 15) is 13.6 Å². The van der Waals surface area contributed by atoms with Gasteiger partial charge in [0.2, 0.25) is 5.95 Å². The van der Waals surface area contributed by atoms with Crippen LogP contribution in [0.5, 0.6) is 0 Å². The summed E-state index contributed by atoms with van der Waals surface area (Å²) in [4.78, 5) is 12.7. The Labute approximate surface area is 148 Å². The number of carbonyl (C=O) groups excluding carboxylic acids is 1. The van der Waals surface area contributed by atoms with Gasteiger partial charge >= 0.3 is 0 Å². The lowest BCUT2D eigenvalue weighted by Crippen LogP contribution is -2.11. The van der Waals surface area contributed by atoms with Gasteiger partial charge in [-0.25, -0.2) is 9.07 Å². The van der Waals surface area contributed by atoms with Gasteiger partial charge in [-0.3, -0.25) is 4.79 Å². The van der Waals surface area contributed by atoms with E-state index in [2.05, 4.69) is 25.9 Å². The first-order valence-electron chi connectivity index (χ1n) is 8.69. The number of Topliss-reactive ketones (excluding diaryl/α,β-unsaturated/α-hetero) is 1. The molecular formula is C20H26F2N2O. The fourth-order valence-corrected chi connectivity index (χ4v) is 3.33. The molecule has 2 rings (SSSR count). The van der Waals surface area contributed by atoms with E-state index >= 15 is 0 Å². The van der Waals surface area contributed by atoms with Crippen molar-refractivity contribution in [2.24, 2.45) is 13.0 Å². The smallest absolute Gasteiger partial charge is 0.222 e. The maximum Gasteiger partial charge on any atom is 0.222 e. The Kier molecular flexibility index (Phi) is 6.09. The number of rotatable bonds is 7. The maximum absolute atomic E-state index is 14.3. The van der Waals surface area contributed by atoms with Crippen LogP contribution >= 0.6 is 0 Å². The molecule has 0 radical (unpaired) electrons. The highest BCUT2D eigenvalue weighted by molar-refractivity contribution is 5.98. The summed E-state index contributed by atoms with van der Waals surface area (Å²) < 4.78 is 28.9. The van der Waals surface area contributed by atoms with Crippen LogP contribution < -0.4 is 0 Å². The second-order valence-corrected chi connectivity index (χ2v) is 7.12. The zero-order valence-corrected chi connectivity index (χ0v) is 15.5. The average Bonchev–Trinajstić information content (AvgIpc) is 2.83. The van der Waals surface area contributed by atoms with E-state index in [1.807, 2.05) is 24.3 Å². The molecule has 3 nitrogen and oxygen atoms in total. The Morgan fingerprint density at radius 1 is 1.20 bits per heavy atom. The number of hydrogen-bond donors (Lipinski definition) is 0. The molecule has 0 N–H and O–H groups in total. The van der Waals surface area contributed by atoms with Gasteiger partial charge in [-0.15, -0.1) is 0 Å². The SMILES string of the molecule is CC(C)CC(C)c1ccccc1CC(=O)c1c(C(C)F)nn(C)c1F.